The van der Waals surface area contributed by atoms with Gasteiger partial charge in [-0.05, 0) is 50.0 Å². The second kappa shape index (κ2) is 8.42. The number of hydrogen-bond donors (Lipinski definition) is 3. The lowest BCUT2D eigenvalue weighted by molar-refractivity contribution is -0.138. The van der Waals surface area contributed by atoms with Crippen molar-refractivity contribution in [3.8, 4) is 0 Å². The van der Waals surface area contributed by atoms with Crippen LogP contribution < -0.4 is 10.6 Å². The molecule has 1 aliphatic rings. The second-order valence-electron chi connectivity index (χ2n) is 8.58. The Labute approximate surface area is 164 Å². The standard InChI is InChI=1S/C20H30N2O4S/c1-11(2)21-18(26)17-13-7-6-12(20(3,4)5)10-14(13)27-19(17)22-15(23)8-9-16(24)25/h11-12H,6-10H2,1-5H3,(H,21,26)(H,22,23)(H,24,25). The van der Waals surface area contributed by atoms with Gasteiger partial charge in [-0.2, -0.15) is 0 Å². The first-order chi connectivity index (χ1) is 12.5. The van der Waals surface area contributed by atoms with Crippen molar-refractivity contribution in [3.63, 3.8) is 0 Å². The van der Waals surface area contributed by atoms with Crippen LogP contribution >= 0.6 is 11.3 Å². The minimum Gasteiger partial charge on any atom is -0.481 e. The molecule has 1 atom stereocenters. The van der Waals surface area contributed by atoms with Crippen LogP contribution in [-0.2, 0) is 22.4 Å². The van der Waals surface area contributed by atoms with Gasteiger partial charge in [-0.15, -0.1) is 11.3 Å². The fourth-order valence-electron chi connectivity index (χ4n) is 3.40. The lowest BCUT2D eigenvalue weighted by atomic mass is 9.72. The molecule has 6 nitrogen and oxygen atoms in total. The van der Waals surface area contributed by atoms with Crippen LogP contribution in [0.15, 0.2) is 0 Å². The van der Waals surface area contributed by atoms with Crippen LogP contribution in [0.3, 0.4) is 0 Å². The van der Waals surface area contributed by atoms with Gasteiger partial charge < -0.3 is 15.7 Å². The number of fused-ring (bicyclic) bond motifs is 1. The summed E-state index contributed by atoms with van der Waals surface area (Å²) < 4.78 is 0. The van der Waals surface area contributed by atoms with E-state index in [1.807, 2.05) is 13.8 Å². The molecule has 1 aromatic rings. The van der Waals surface area contributed by atoms with Gasteiger partial charge in [0, 0.05) is 17.3 Å². The molecule has 0 fully saturated rings. The molecule has 0 saturated carbocycles. The lowest BCUT2D eigenvalue weighted by Gasteiger charge is -2.33. The zero-order chi connectivity index (χ0) is 20.4. The van der Waals surface area contributed by atoms with Crippen LogP contribution in [0.25, 0.3) is 0 Å². The Morgan fingerprint density at radius 3 is 2.44 bits per heavy atom. The molecule has 0 aromatic carbocycles. The maximum Gasteiger partial charge on any atom is 0.303 e. The van der Waals surface area contributed by atoms with E-state index in [2.05, 4.69) is 31.4 Å². The Kier molecular flexibility index (Phi) is 6.68. The highest BCUT2D eigenvalue weighted by Gasteiger charge is 2.34. The molecule has 7 heteroatoms. The van der Waals surface area contributed by atoms with Gasteiger partial charge >= 0.3 is 5.97 Å². The Morgan fingerprint density at radius 2 is 1.89 bits per heavy atom. The summed E-state index contributed by atoms with van der Waals surface area (Å²) in [5, 5.41) is 15.0. The van der Waals surface area contributed by atoms with Crippen molar-refractivity contribution in [1.82, 2.24) is 5.32 Å². The number of amides is 2. The molecular formula is C20H30N2O4S. The van der Waals surface area contributed by atoms with Gasteiger partial charge in [0.15, 0.2) is 0 Å². The Hall–Kier alpha value is -1.89. The fraction of sp³-hybridized carbons (Fsp3) is 0.650. The summed E-state index contributed by atoms with van der Waals surface area (Å²) in [6.07, 6.45) is 2.40. The van der Waals surface area contributed by atoms with E-state index in [0.29, 0.717) is 16.5 Å². The molecule has 1 aliphatic carbocycles. The number of thiophene rings is 1. The minimum atomic E-state index is -1.01. The predicted octanol–water partition coefficient (Wildman–Crippen LogP) is 3.84. The first-order valence-corrected chi connectivity index (χ1v) is 10.3. The van der Waals surface area contributed by atoms with Crippen molar-refractivity contribution in [2.24, 2.45) is 11.3 Å². The number of anilines is 1. The Bertz CT molecular complexity index is 731. The van der Waals surface area contributed by atoms with Gasteiger partial charge in [0.2, 0.25) is 5.91 Å². The van der Waals surface area contributed by atoms with Gasteiger partial charge in [-0.25, -0.2) is 0 Å². The maximum atomic E-state index is 12.8. The highest BCUT2D eigenvalue weighted by atomic mass is 32.1. The predicted molar refractivity (Wildman–Crippen MR) is 107 cm³/mol. The number of carboxylic acids is 1. The molecule has 3 N–H and O–H groups in total. The van der Waals surface area contributed by atoms with E-state index in [1.54, 1.807) is 0 Å². The number of hydrogen-bond acceptors (Lipinski definition) is 4. The summed E-state index contributed by atoms with van der Waals surface area (Å²) in [7, 11) is 0. The lowest BCUT2D eigenvalue weighted by Crippen LogP contribution is -2.32. The maximum absolute atomic E-state index is 12.8. The molecule has 2 rings (SSSR count). The van der Waals surface area contributed by atoms with Crippen molar-refractivity contribution in [2.75, 3.05) is 5.32 Å². The number of carbonyl (C=O) groups is 3. The summed E-state index contributed by atoms with van der Waals surface area (Å²) in [6, 6.07) is -0.00507. The molecule has 0 aliphatic heterocycles. The third kappa shape index (κ3) is 5.54. The van der Waals surface area contributed by atoms with Crippen LogP contribution in [-0.4, -0.2) is 28.9 Å². The first-order valence-electron chi connectivity index (χ1n) is 9.46. The molecular weight excluding hydrogens is 364 g/mol. The molecule has 0 spiro atoms. The van der Waals surface area contributed by atoms with Crippen LogP contribution in [0.1, 0.15) is 74.7 Å². The van der Waals surface area contributed by atoms with Crippen molar-refractivity contribution < 1.29 is 19.5 Å². The van der Waals surface area contributed by atoms with Crippen LogP contribution in [0.5, 0.6) is 0 Å². The zero-order valence-electron chi connectivity index (χ0n) is 16.8. The molecule has 0 saturated heterocycles. The Balaban J connectivity index is 2.32. The summed E-state index contributed by atoms with van der Waals surface area (Å²) in [5.74, 6) is -1.03. The van der Waals surface area contributed by atoms with E-state index in [0.717, 1.165) is 29.7 Å². The van der Waals surface area contributed by atoms with E-state index in [1.165, 1.54) is 11.3 Å². The van der Waals surface area contributed by atoms with Crippen LogP contribution in [0, 0.1) is 11.3 Å². The van der Waals surface area contributed by atoms with Gasteiger partial charge in [-0.3, -0.25) is 14.4 Å². The topological polar surface area (TPSA) is 95.5 Å². The van der Waals surface area contributed by atoms with Crippen molar-refractivity contribution in [2.45, 2.75) is 72.8 Å². The second-order valence-corrected chi connectivity index (χ2v) is 9.69. The van der Waals surface area contributed by atoms with Gasteiger partial charge in [0.25, 0.3) is 5.91 Å². The highest BCUT2D eigenvalue weighted by molar-refractivity contribution is 7.17. The van der Waals surface area contributed by atoms with Gasteiger partial charge in [0.05, 0.1) is 12.0 Å². The number of carboxylic acid groups (broad SMARTS) is 1. The summed E-state index contributed by atoms with van der Waals surface area (Å²) in [5.41, 5.74) is 1.78. The molecule has 0 bridgehead atoms. The smallest absolute Gasteiger partial charge is 0.303 e. The molecule has 2 amide bonds. The van der Waals surface area contributed by atoms with Gasteiger partial charge in [0.1, 0.15) is 5.00 Å². The minimum absolute atomic E-state index is 0.00507. The summed E-state index contributed by atoms with van der Waals surface area (Å²) in [6.45, 7) is 10.5. The van der Waals surface area contributed by atoms with Crippen molar-refractivity contribution in [3.05, 3.63) is 16.0 Å². The van der Waals surface area contributed by atoms with Crippen LogP contribution in [0.2, 0.25) is 0 Å². The normalized spacial score (nSPS) is 16.7. The van der Waals surface area contributed by atoms with Crippen LogP contribution in [0.4, 0.5) is 5.00 Å². The fourth-order valence-corrected chi connectivity index (χ4v) is 4.74. The number of nitrogens with one attached hydrogen (secondary N) is 2. The average molecular weight is 395 g/mol. The third-order valence-electron chi connectivity index (χ3n) is 4.96. The van der Waals surface area contributed by atoms with E-state index < -0.39 is 5.97 Å². The van der Waals surface area contributed by atoms with Crippen molar-refractivity contribution >= 4 is 34.1 Å². The Morgan fingerprint density at radius 1 is 1.22 bits per heavy atom. The van der Waals surface area contributed by atoms with Crippen molar-refractivity contribution in [1.29, 1.82) is 0 Å². The zero-order valence-corrected chi connectivity index (χ0v) is 17.6. The first kappa shape index (κ1) is 21.4. The monoisotopic (exact) mass is 394 g/mol. The number of rotatable bonds is 6. The summed E-state index contributed by atoms with van der Waals surface area (Å²) >= 11 is 1.46. The third-order valence-corrected chi connectivity index (χ3v) is 6.13. The summed E-state index contributed by atoms with van der Waals surface area (Å²) in [4.78, 5) is 36.8. The molecule has 0 radical (unpaired) electrons. The van der Waals surface area contributed by atoms with Gasteiger partial charge in [-0.1, -0.05) is 20.8 Å². The molecule has 27 heavy (non-hydrogen) atoms. The molecule has 150 valence electrons. The van der Waals surface area contributed by atoms with E-state index >= 15 is 0 Å². The SMILES string of the molecule is CC(C)NC(=O)c1c(NC(=O)CCC(=O)O)sc2c1CCC(C(C)(C)C)C2. The quantitative estimate of drug-likeness (QED) is 0.683. The largest absolute Gasteiger partial charge is 0.481 e. The number of carbonyl (C=O) groups excluding carboxylic acids is 2. The number of aliphatic carboxylic acids is 1. The van der Waals surface area contributed by atoms with E-state index in [-0.39, 0.29) is 36.1 Å². The average Bonchev–Trinajstić information content (AvgIpc) is 2.88. The molecule has 1 aromatic heterocycles. The van der Waals surface area contributed by atoms with E-state index in [9.17, 15) is 14.4 Å². The molecule has 1 unspecified atom stereocenters. The highest BCUT2D eigenvalue weighted by Crippen LogP contribution is 2.44. The molecule has 1 heterocycles. The van der Waals surface area contributed by atoms with E-state index in [4.69, 9.17) is 5.11 Å².